The average molecular weight is 388 g/mol. The first kappa shape index (κ1) is 19.4. The highest BCUT2D eigenvalue weighted by Crippen LogP contribution is 2.38. The third kappa shape index (κ3) is 4.17. The molecule has 0 heterocycles. The molecular formula is C19H21Cl3O2. The maximum Gasteiger partial charge on any atom is 0.193 e. The number of rotatable bonds is 7. The van der Waals surface area contributed by atoms with E-state index in [9.17, 15) is 9.90 Å². The van der Waals surface area contributed by atoms with Crippen LogP contribution in [0.2, 0.25) is 5.02 Å². The fourth-order valence-electron chi connectivity index (χ4n) is 2.84. The van der Waals surface area contributed by atoms with Crippen LogP contribution in [-0.4, -0.2) is 10.9 Å². The maximum atomic E-state index is 12.8. The van der Waals surface area contributed by atoms with Crippen LogP contribution in [0, 0.1) is 6.92 Å². The predicted molar refractivity (Wildman–Crippen MR) is 101 cm³/mol. The highest BCUT2D eigenvalue weighted by molar-refractivity contribution is 6.42. The fraction of sp³-hybridized carbons (Fsp3) is 0.421. The van der Waals surface area contributed by atoms with E-state index in [0.29, 0.717) is 38.2 Å². The zero-order chi connectivity index (χ0) is 17.9. The number of benzene rings is 1. The average Bonchev–Trinajstić information content (AvgIpc) is 2.88. The standard InChI is InChI=1S/C19H21Cl3O2/c1-3-4-5-6-7-12-8-14(20)11(2)17(18(12)23)19(24)13-9-15(21)16(22)10-13/h8-9,23H,3-7,10H2,1-2H3. The lowest BCUT2D eigenvalue weighted by Gasteiger charge is -2.14. The van der Waals surface area contributed by atoms with Crippen molar-refractivity contribution in [2.75, 3.05) is 0 Å². The Kier molecular flexibility index (Phi) is 6.79. The zero-order valence-corrected chi connectivity index (χ0v) is 16.2. The van der Waals surface area contributed by atoms with Crippen molar-refractivity contribution in [3.05, 3.63) is 49.5 Å². The molecule has 0 unspecified atom stereocenters. The van der Waals surface area contributed by atoms with Gasteiger partial charge in [0.2, 0.25) is 0 Å². The lowest BCUT2D eigenvalue weighted by atomic mass is 9.93. The molecule has 2 nitrogen and oxygen atoms in total. The molecule has 1 aromatic carbocycles. The van der Waals surface area contributed by atoms with Gasteiger partial charge in [0.15, 0.2) is 5.78 Å². The molecule has 0 aliphatic heterocycles. The third-order valence-electron chi connectivity index (χ3n) is 4.30. The topological polar surface area (TPSA) is 37.3 Å². The number of aryl methyl sites for hydroxylation is 1. The monoisotopic (exact) mass is 386 g/mol. The van der Waals surface area contributed by atoms with Crippen molar-refractivity contribution in [1.82, 2.24) is 0 Å². The SMILES string of the molecule is CCCCCCc1cc(Cl)c(C)c(C(=O)C2=CC(Cl)=C(Cl)C2)c1O. The van der Waals surface area contributed by atoms with Crippen LogP contribution >= 0.6 is 34.8 Å². The minimum atomic E-state index is -0.267. The molecule has 5 heteroatoms. The number of hydrogen-bond donors (Lipinski definition) is 1. The van der Waals surface area contributed by atoms with Crippen LogP contribution in [0.5, 0.6) is 5.75 Å². The van der Waals surface area contributed by atoms with E-state index in [1.807, 2.05) is 0 Å². The number of carbonyl (C=O) groups is 1. The highest BCUT2D eigenvalue weighted by Gasteiger charge is 2.26. The summed E-state index contributed by atoms with van der Waals surface area (Å²) in [5, 5.41) is 11.9. The molecule has 0 amide bonds. The Morgan fingerprint density at radius 3 is 2.50 bits per heavy atom. The van der Waals surface area contributed by atoms with E-state index < -0.39 is 0 Å². The molecule has 0 aromatic heterocycles. The van der Waals surface area contributed by atoms with Crippen LogP contribution < -0.4 is 0 Å². The van der Waals surface area contributed by atoms with E-state index in [0.717, 1.165) is 25.7 Å². The molecule has 1 aliphatic rings. The number of unbranched alkanes of at least 4 members (excludes halogenated alkanes) is 3. The van der Waals surface area contributed by atoms with Crippen molar-refractivity contribution >= 4 is 40.6 Å². The summed E-state index contributed by atoms with van der Waals surface area (Å²) in [4.78, 5) is 12.8. The van der Waals surface area contributed by atoms with Gasteiger partial charge in [0, 0.05) is 22.0 Å². The van der Waals surface area contributed by atoms with E-state index in [4.69, 9.17) is 34.8 Å². The van der Waals surface area contributed by atoms with Crippen molar-refractivity contribution in [1.29, 1.82) is 0 Å². The second-order valence-corrected chi connectivity index (χ2v) is 7.38. The Balaban J connectivity index is 2.31. The van der Waals surface area contributed by atoms with Gasteiger partial charge in [0.1, 0.15) is 5.75 Å². The molecule has 0 spiro atoms. The number of hydrogen-bond acceptors (Lipinski definition) is 2. The number of carbonyl (C=O) groups excluding carboxylic acids is 1. The van der Waals surface area contributed by atoms with Gasteiger partial charge in [-0.25, -0.2) is 0 Å². The summed E-state index contributed by atoms with van der Waals surface area (Å²) in [5.41, 5.74) is 2.03. The quantitative estimate of drug-likeness (QED) is 0.418. The first-order valence-electron chi connectivity index (χ1n) is 8.17. The smallest absolute Gasteiger partial charge is 0.193 e. The zero-order valence-electron chi connectivity index (χ0n) is 13.9. The molecule has 0 radical (unpaired) electrons. The minimum absolute atomic E-state index is 0.0263. The lowest BCUT2D eigenvalue weighted by Crippen LogP contribution is -2.07. The summed E-state index contributed by atoms with van der Waals surface area (Å²) in [6, 6.07) is 1.76. The van der Waals surface area contributed by atoms with E-state index in [-0.39, 0.29) is 23.5 Å². The third-order valence-corrected chi connectivity index (χ3v) is 5.46. The molecule has 0 fully saturated rings. The number of aromatic hydroxyl groups is 1. The number of ketones is 1. The molecule has 130 valence electrons. The van der Waals surface area contributed by atoms with Crippen LogP contribution in [0.25, 0.3) is 0 Å². The molecular weight excluding hydrogens is 367 g/mol. The van der Waals surface area contributed by atoms with Crippen molar-refractivity contribution in [3.63, 3.8) is 0 Å². The lowest BCUT2D eigenvalue weighted by molar-refractivity contribution is 0.102. The highest BCUT2D eigenvalue weighted by atomic mass is 35.5. The molecule has 0 saturated carbocycles. The molecule has 2 rings (SSSR count). The Hall–Kier alpha value is -0.960. The van der Waals surface area contributed by atoms with E-state index in [1.165, 1.54) is 0 Å². The van der Waals surface area contributed by atoms with Gasteiger partial charge < -0.3 is 5.11 Å². The second kappa shape index (κ2) is 8.42. The van der Waals surface area contributed by atoms with E-state index in [2.05, 4.69) is 6.92 Å². The van der Waals surface area contributed by atoms with Gasteiger partial charge in [0.05, 0.1) is 10.6 Å². The maximum absolute atomic E-state index is 12.8. The Bertz CT molecular complexity index is 718. The van der Waals surface area contributed by atoms with Crippen molar-refractivity contribution in [2.24, 2.45) is 0 Å². The summed E-state index contributed by atoms with van der Waals surface area (Å²) in [5.74, 6) is -0.241. The number of halogens is 3. The van der Waals surface area contributed by atoms with Crippen LogP contribution in [0.15, 0.2) is 27.8 Å². The number of allylic oxidation sites excluding steroid dienone is 4. The normalized spacial score (nSPS) is 14.3. The summed E-state index contributed by atoms with van der Waals surface area (Å²) < 4.78 is 0. The summed E-state index contributed by atoms with van der Waals surface area (Å²) >= 11 is 18.2. The van der Waals surface area contributed by atoms with Crippen LogP contribution in [0.1, 0.15) is 60.5 Å². The molecule has 0 saturated heterocycles. The van der Waals surface area contributed by atoms with E-state index in [1.54, 1.807) is 19.1 Å². The first-order chi connectivity index (χ1) is 11.4. The largest absolute Gasteiger partial charge is 0.507 e. The second-order valence-electron chi connectivity index (χ2n) is 6.11. The van der Waals surface area contributed by atoms with Gasteiger partial charge in [0.25, 0.3) is 0 Å². The van der Waals surface area contributed by atoms with Crippen molar-refractivity contribution in [3.8, 4) is 5.75 Å². The Morgan fingerprint density at radius 1 is 1.21 bits per heavy atom. The predicted octanol–water partition coefficient (Wildman–Crippen LogP) is 6.68. The van der Waals surface area contributed by atoms with Gasteiger partial charge in [-0.3, -0.25) is 4.79 Å². The fourth-order valence-corrected chi connectivity index (χ4v) is 3.46. The number of phenolic OH excluding ortho intramolecular Hbond substituents is 1. The molecule has 1 aromatic rings. The number of Topliss-reactive ketones (excluding diaryl/α,β-unsaturated/α-hetero) is 1. The molecule has 1 aliphatic carbocycles. The molecule has 0 atom stereocenters. The van der Waals surface area contributed by atoms with Crippen LogP contribution in [-0.2, 0) is 6.42 Å². The first-order valence-corrected chi connectivity index (χ1v) is 9.30. The van der Waals surface area contributed by atoms with Crippen molar-refractivity contribution in [2.45, 2.75) is 52.4 Å². The summed E-state index contributed by atoms with van der Waals surface area (Å²) in [7, 11) is 0. The summed E-state index contributed by atoms with van der Waals surface area (Å²) in [6.45, 7) is 3.89. The Morgan fingerprint density at radius 2 is 1.92 bits per heavy atom. The number of phenols is 1. The van der Waals surface area contributed by atoms with Gasteiger partial charge in [-0.05, 0) is 43.0 Å². The van der Waals surface area contributed by atoms with Crippen molar-refractivity contribution < 1.29 is 9.90 Å². The molecule has 1 N–H and O–H groups in total. The molecule has 24 heavy (non-hydrogen) atoms. The van der Waals surface area contributed by atoms with Crippen LogP contribution in [0.3, 0.4) is 0 Å². The summed E-state index contributed by atoms with van der Waals surface area (Å²) in [6.07, 6.45) is 6.89. The minimum Gasteiger partial charge on any atom is -0.507 e. The van der Waals surface area contributed by atoms with Crippen LogP contribution in [0.4, 0.5) is 0 Å². The Labute approximate surface area is 158 Å². The van der Waals surface area contributed by atoms with E-state index >= 15 is 0 Å². The van der Waals surface area contributed by atoms with Gasteiger partial charge in [-0.2, -0.15) is 0 Å². The van der Waals surface area contributed by atoms with Gasteiger partial charge in [-0.15, -0.1) is 0 Å². The van der Waals surface area contributed by atoms with Gasteiger partial charge in [-0.1, -0.05) is 61.0 Å². The van der Waals surface area contributed by atoms with Gasteiger partial charge >= 0.3 is 0 Å². The molecule has 0 bridgehead atoms.